The third-order valence-electron chi connectivity index (χ3n) is 16.4. The van der Waals surface area contributed by atoms with E-state index in [4.69, 9.17) is 43.6 Å². The molecule has 20 nitrogen and oxygen atoms in total. The molecule has 3 saturated heterocycles. The zero-order valence-corrected chi connectivity index (χ0v) is 56.2. The number of ether oxygens (including phenoxy) is 6. The molecular formula is C69H91N11O9Si2. The second-order valence-electron chi connectivity index (χ2n) is 25.7. The molecule has 12 rings (SSSR count). The van der Waals surface area contributed by atoms with Crippen LogP contribution in [0.25, 0.3) is 44.3 Å². The van der Waals surface area contributed by atoms with Gasteiger partial charge < -0.3 is 53.3 Å². The third-order valence-corrected chi connectivity index (χ3v) is 19.8. The van der Waals surface area contributed by atoms with E-state index in [1.54, 1.807) is 0 Å². The van der Waals surface area contributed by atoms with Gasteiger partial charge in [-0.05, 0) is 121 Å². The molecule has 8 aromatic rings. The number of aliphatic imine (C=N–C) groups is 1. The van der Waals surface area contributed by atoms with Crippen molar-refractivity contribution in [3.05, 3.63) is 143 Å². The van der Waals surface area contributed by atoms with Crippen molar-refractivity contribution in [2.75, 3.05) is 127 Å². The van der Waals surface area contributed by atoms with E-state index in [1.807, 2.05) is 71.3 Å². The SMILES string of the molecule is CCOC(=O)Cc1ccc2c(c1)c(-c1ccnc(N3CCOCC3)c1)nn2COCC[Si](C)(C)C.C[Si](C)(C)CCOCn1nc(-c2ccnc(N3CCOCC3)c2)c2cc(CCO)ccc21.OCCc1ccc2c(c1)C(c1ccnc(N3CCOCC3)c1)=NC2. The van der Waals surface area contributed by atoms with E-state index in [1.165, 1.54) is 11.1 Å². The number of anilines is 3. The average molecular weight is 1270 g/mol. The van der Waals surface area contributed by atoms with Crippen molar-refractivity contribution in [1.82, 2.24) is 34.5 Å². The van der Waals surface area contributed by atoms with Crippen molar-refractivity contribution >= 4 is 67.1 Å². The van der Waals surface area contributed by atoms with E-state index < -0.39 is 16.1 Å². The summed E-state index contributed by atoms with van der Waals surface area (Å²) < 4.78 is 37.5. The Balaban J connectivity index is 0.000000152. The number of aliphatic hydroxyl groups excluding tert-OH is 2. The largest absolute Gasteiger partial charge is 0.466 e. The summed E-state index contributed by atoms with van der Waals surface area (Å²) in [6, 6.07) is 33.3. The molecule has 4 aliphatic heterocycles. The summed E-state index contributed by atoms with van der Waals surface area (Å²) in [6.07, 6.45) is 7.08. The minimum absolute atomic E-state index is 0.130. The first-order valence-corrected chi connectivity index (χ1v) is 39.6. The van der Waals surface area contributed by atoms with Gasteiger partial charge in [-0.2, -0.15) is 10.2 Å². The average Bonchev–Trinajstić information content (AvgIpc) is 1.70. The zero-order valence-electron chi connectivity index (χ0n) is 54.2. The third kappa shape index (κ3) is 18.3. The number of benzene rings is 3. The van der Waals surface area contributed by atoms with Crippen LogP contribution >= 0.6 is 0 Å². The van der Waals surface area contributed by atoms with Gasteiger partial charge in [0.05, 0.1) is 76.0 Å². The highest BCUT2D eigenvalue weighted by Gasteiger charge is 2.24. The molecule has 0 saturated carbocycles. The van der Waals surface area contributed by atoms with Gasteiger partial charge >= 0.3 is 5.97 Å². The second-order valence-corrected chi connectivity index (χ2v) is 36.9. The highest BCUT2D eigenvalue weighted by molar-refractivity contribution is 6.76. The van der Waals surface area contributed by atoms with Crippen LogP contribution < -0.4 is 14.7 Å². The van der Waals surface area contributed by atoms with E-state index in [0.29, 0.717) is 46.1 Å². The van der Waals surface area contributed by atoms with Gasteiger partial charge in [-0.1, -0.05) is 63.5 Å². The Bertz CT molecular complexity index is 3720. The topological polar surface area (TPSA) is 209 Å². The fraction of sp³-hybridized carbons (Fsp3) is 0.464. The Morgan fingerprint density at radius 1 is 0.538 bits per heavy atom. The quantitative estimate of drug-likeness (QED) is 0.0347. The van der Waals surface area contributed by atoms with Crippen LogP contribution in [0, 0.1) is 0 Å². The number of nitrogens with zero attached hydrogens (tertiary/aromatic N) is 11. The molecule has 0 radical (unpaired) electrons. The summed E-state index contributed by atoms with van der Waals surface area (Å²) in [5.74, 6) is 2.63. The Kier molecular flexibility index (Phi) is 23.3. The van der Waals surface area contributed by atoms with Crippen LogP contribution in [0.4, 0.5) is 17.5 Å². The zero-order chi connectivity index (χ0) is 63.7. The van der Waals surface area contributed by atoms with E-state index in [2.05, 4.69) is 124 Å². The molecule has 5 aromatic heterocycles. The van der Waals surface area contributed by atoms with Crippen LogP contribution in [-0.4, -0.2) is 184 Å². The fourth-order valence-electron chi connectivity index (χ4n) is 11.3. The van der Waals surface area contributed by atoms with E-state index in [0.717, 1.165) is 187 Å². The van der Waals surface area contributed by atoms with Crippen molar-refractivity contribution in [3.63, 3.8) is 0 Å². The predicted octanol–water partition coefficient (Wildman–Crippen LogP) is 9.94. The molecule has 0 atom stereocenters. The molecule has 91 heavy (non-hydrogen) atoms. The summed E-state index contributed by atoms with van der Waals surface area (Å²) in [4.78, 5) is 37.3. The molecule has 3 fully saturated rings. The van der Waals surface area contributed by atoms with Crippen molar-refractivity contribution in [2.24, 2.45) is 4.99 Å². The van der Waals surface area contributed by atoms with Crippen LogP contribution in [0.3, 0.4) is 0 Å². The van der Waals surface area contributed by atoms with Crippen LogP contribution in [0.2, 0.25) is 51.4 Å². The van der Waals surface area contributed by atoms with Crippen LogP contribution in [0.1, 0.15) is 40.3 Å². The highest BCUT2D eigenvalue weighted by Crippen LogP contribution is 2.34. The molecule has 2 N–H and O–H groups in total. The van der Waals surface area contributed by atoms with Gasteiger partial charge in [0, 0.05) is 133 Å². The number of aromatic nitrogens is 7. The molecule has 0 aliphatic carbocycles. The first-order chi connectivity index (χ1) is 44.1. The molecule has 9 heterocycles. The molecule has 0 spiro atoms. The number of rotatable bonds is 23. The number of fused-ring (bicyclic) bond motifs is 3. The summed E-state index contributed by atoms with van der Waals surface area (Å²) in [6.45, 7) is 29.1. The Morgan fingerprint density at radius 2 is 0.967 bits per heavy atom. The number of hydrogen-bond acceptors (Lipinski definition) is 18. The summed E-state index contributed by atoms with van der Waals surface area (Å²) >= 11 is 0. The van der Waals surface area contributed by atoms with E-state index >= 15 is 0 Å². The molecule has 0 amide bonds. The molecule has 4 aliphatic rings. The number of hydrogen-bond donors (Lipinski definition) is 2. The van der Waals surface area contributed by atoms with Gasteiger partial charge in [-0.25, -0.2) is 24.3 Å². The Labute approximate surface area is 537 Å². The molecule has 484 valence electrons. The van der Waals surface area contributed by atoms with Crippen molar-refractivity contribution in [1.29, 1.82) is 0 Å². The molecular weight excluding hydrogens is 1180 g/mol. The Morgan fingerprint density at radius 3 is 1.43 bits per heavy atom. The number of carbonyl (C=O) groups excluding carboxylic acids is 1. The fourth-order valence-corrected chi connectivity index (χ4v) is 12.8. The van der Waals surface area contributed by atoms with Crippen molar-refractivity contribution < 1.29 is 43.4 Å². The van der Waals surface area contributed by atoms with E-state index in [-0.39, 0.29) is 25.6 Å². The first kappa shape index (κ1) is 66.7. The second kappa shape index (κ2) is 31.9. The molecule has 22 heteroatoms. The van der Waals surface area contributed by atoms with Crippen LogP contribution in [-0.2, 0) is 72.5 Å². The van der Waals surface area contributed by atoms with Gasteiger partial charge in [0.25, 0.3) is 0 Å². The maximum Gasteiger partial charge on any atom is 0.310 e. The van der Waals surface area contributed by atoms with Crippen LogP contribution in [0.5, 0.6) is 0 Å². The molecule has 0 bridgehead atoms. The Hall–Kier alpha value is -7.26. The van der Waals surface area contributed by atoms with Gasteiger partial charge in [0.1, 0.15) is 42.3 Å². The monoisotopic (exact) mass is 1270 g/mol. The van der Waals surface area contributed by atoms with Gasteiger partial charge in [-0.15, -0.1) is 0 Å². The summed E-state index contributed by atoms with van der Waals surface area (Å²) in [7, 11) is -2.30. The van der Waals surface area contributed by atoms with Crippen molar-refractivity contribution in [3.8, 4) is 22.5 Å². The van der Waals surface area contributed by atoms with Gasteiger partial charge in [0.15, 0.2) is 0 Å². The highest BCUT2D eigenvalue weighted by atomic mass is 28.3. The van der Waals surface area contributed by atoms with E-state index in [9.17, 15) is 15.0 Å². The molecule has 3 aromatic carbocycles. The lowest BCUT2D eigenvalue weighted by atomic mass is 9.97. The number of aliphatic hydroxyl groups is 2. The predicted molar refractivity (Wildman–Crippen MR) is 365 cm³/mol. The first-order valence-electron chi connectivity index (χ1n) is 32.2. The summed E-state index contributed by atoms with van der Waals surface area (Å²) in [5, 5.41) is 30.6. The van der Waals surface area contributed by atoms with Gasteiger partial charge in [0.2, 0.25) is 0 Å². The minimum Gasteiger partial charge on any atom is -0.466 e. The maximum absolute atomic E-state index is 12.1. The standard InChI is InChI=1S/C26H36N4O4Si.C24H34N4O3Si.C19H21N3O2/c1-5-34-25(31)17-20-6-7-23-22(16-20)26(28-30(23)19-33-14-15-35(2,3)4)21-8-9-27-24(18-21)29-10-12-32-13-11-29;1-32(2,3)15-14-31-18-28-22-5-4-19(7-11-29)16-21(22)24(26-28)20-6-8-25-23(17-20)27-9-12-30-13-10-27;23-8-4-14-1-2-16-13-21-19(17(16)11-14)15-3-5-20-18(12-15)22-6-9-24-10-7-22/h6-9,16,18H,5,10-15,17,19H2,1-4H3;4-6,8,16-17,29H,7,9-15,18H2,1-3H3;1-3,5,11-12,23H,4,6-10,13H2. The minimum atomic E-state index is -1.17. The molecule has 0 unspecified atom stereocenters. The number of pyridine rings is 3. The van der Waals surface area contributed by atoms with Gasteiger partial charge in [-0.3, -0.25) is 9.79 Å². The lowest BCUT2D eigenvalue weighted by Crippen LogP contribution is -2.36. The van der Waals surface area contributed by atoms with Crippen LogP contribution in [0.15, 0.2) is 115 Å². The number of morpholine rings is 3. The smallest absolute Gasteiger partial charge is 0.310 e. The summed E-state index contributed by atoms with van der Waals surface area (Å²) in [5.41, 5.74) is 13.5. The maximum atomic E-state index is 12.1. The van der Waals surface area contributed by atoms with Crippen molar-refractivity contribution in [2.45, 2.75) is 97.6 Å². The number of esters is 1. The number of carbonyl (C=O) groups is 1. The lowest BCUT2D eigenvalue weighted by Gasteiger charge is -2.28. The normalized spacial score (nSPS) is 15.3. The lowest BCUT2D eigenvalue weighted by molar-refractivity contribution is -0.142.